The zero-order chi connectivity index (χ0) is 23.3. The van der Waals surface area contributed by atoms with Crippen LogP contribution in [0.3, 0.4) is 0 Å². The molecule has 0 aromatic heterocycles. The summed E-state index contributed by atoms with van der Waals surface area (Å²) >= 11 is 0. The van der Waals surface area contributed by atoms with Gasteiger partial charge in [0.05, 0.1) is 19.8 Å². The Morgan fingerprint density at radius 2 is 1.53 bits per heavy atom. The van der Waals surface area contributed by atoms with Gasteiger partial charge in [0.15, 0.2) is 5.79 Å². The molecule has 0 saturated carbocycles. The highest BCUT2D eigenvalue weighted by Crippen LogP contribution is 2.42. The van der Waals surface area contributed by atoms with E-state index in [4.69, 9.17) is 28.4 Å². The lowest BCUT2D eigenvalue weighted by atomic mass is 10.0. The van der Waals surface area contributed by atoms with Crippen LogP contribution in [-0.4, -0.2) is 63.4 Å². The third kappa shape index (κ3) is 8.54. The van der Waals surface area contributed by atoms with Crippen molar-refractivity contribution in [3.63, 3.8) is 0 Å². The lowest BCUT2D eigenvalue weighted by Crippen LogP contribution is -2.59. The Bertz CT molecular complexity index is 561. The predicted molar refractivity (Wildman–Crippen MR) is 127 cm³/mol. The predicted octanol–water partition coefficient (Wildman–Crippen LogP) is 5.55. The molecular weight excluding hydrogens is 408 g/mol. The van der Waals surface area contributed by atoms with Gasteiger partial charge in [-0.15, -0.1) is 0 Å². The van der Waals surface area contributed by atoms with E-state index < -0.39 is 11.6 Å². The number of ether oxygens (including phenoxy) is 6. The maximum absolute atomic E-state index is 6.31. The Labute approximate surface area is 195 Å². The summed E-state index contributed by atoms with van der Waals surface area (Å²) in [7, 11) is 1.63. The highest BCUT2D eigenvalue weighted by Gasteiger charge is 2.62. The van der Waals surface area contributed by atoms with Gasteiger partial charge in [-0.2, -0.15) is 0 Å². The highest BCUT2D eigenvalue weighted by atomic mass is 16.8. The summed E-state index contributed by atoms with van der Waals surface area (Å²) in [5, 5.41) is 0. The molecule has 0 amide bonds. The topological polar surface area (TPSA) is 55.4 Å². The monoisotopic (exact) mass is 454 g/mol. The van der Waals surface area contributed by atoms with Gasteiger partial charge in [-0.3, -0.25) is 0 Å². The molecule has 2 heterocycles. The Morgan fingerprint density at radius 3 is 2.16 bits per heavy atom. The normalized spacial score (nSPS) is 29.8. The van der Waals surface area contributed by atoms with Crippen LogP contribution in [0.15, 0.2) is 24.3 Å². The van der Waals surface area contributed by atoms with Crippen molar-refractivity contribution in [3.8, 4) is 0 Å². The fraction of sp³-hybridized carbons (Fsp3) is 0.846. The quantitative estimate of drug-likeness (QED) is 0.225. The number of unbranched alkanes of at least 4 members (excludes halogenated alkanes) is 6. The van der Waals surface area contributed by atoms with Crippen LogP contribution in [0.1, 0.15) is 79.1 Å². The van der Waals surface area contributed by atoms with E-state index >= 15 is 0 Å². The molecule has 0 aromatic carbocycles. The highest BCUT2D eigenvalue weighted by molar-refractivity contribution is 5.02. The Morgan fingerprint density at radius 1 is 0.875 bits per heavy atom. The Kier molecular flexibility index (Phi) is 12.4. The molecule has 186 valence electrons. The number of rotatable bonds is 16. The number of fused-ring (bicyclic) bond motifs is 1. The molecule has 6 nitrogen and oxygen atoms in total. The standard InChI is InChI=1S/C26H46O6/c1-6-8-10-12-14-16-18-28-20-22-23(29-19-17-15-13-11-9-7-2)24-26(27-5,31-22)21-30-25(3,4)32-24/h14-17,22-24H,6-13,18-21H2,1-5H3/b16-14-,17-15-/t22-,23-,24+,26+/m1/s1. The van der Waals surface area contributed by atoms with Gasteiger partial charge in [0, 0.05) is 7.11 Å². The van der Waals surface area contributed by atoms with Gasteiger partial charge < -0.3 is 28.4 Å². The van der Waals surface area contributed by atoms with E-state index in [1.807, 2.05) is 13.8 Å². The van der Waals surface area contributed by atoms with Crippen molar-refractivity contribution in [1.29, 1.82) is 0 Å². The number of hydrogen-bond acceptors (Lipinski definition) is 6. The average Bonchev–Trinajstić information content (AvgIpc) is 3.07. The summed E-state index contributed by atoms with van der Waals surface area (Å²) in [5.74, 6) is -1.69. The minimum Gasteiger partial charge on any atom is -0.375 e. The van der Waals surface area contributed by atoms with E-state index in [0.717, 1.165) is 12.8 Å². The molecule has 0 bridgehead atoms. The summed E-state index contributed by atoms with van der Waals surface area (Å²) in [4.78, 5) is 0. The summed E-state index contributed by atoms with van der Waals surface area (Å²) in [6, 6.07) is 0. The second-order valence-corrected chi connectivity index (χ2v) is 9.17. The summed E-state index contributed by atoms with van der Waals surface area (Å²) < 4.78 is 36.3. The third-order valence-corrected chi connectivity index (χ3v) is 5.99. The maximum atomic E-state index is 6.31. The van der Waals surface area contributed by atoms with Crippen LogP contribution in [0.2, 0.25) is 0 Å². The maximum Gasteiger partial charge on any atom is 0.222 e. The zero-order valence-corrected chi connectivity index (χ0v) is 21.0. The van der Waals surface area contributed by atoms with E-state index in [1.54, 1.807) is 7.11 Å². The minimum absolute atomic E-state index is 0.292. The zero-order valence-electron chi connectivity index (χ0n) is 21.0. The van der Waals surface area contributed by atoms with Gasteiger partial charge in [0.25, 0.3) is 0 Å². The first-order valence-corrected chi connectivity index (χ1v) is 12.5. The molecule has 6 heteroatoms. The van der Waals surface area contributed by atoms with Crippen LogP contribution in [0.5, 0.6) is 0 Å². The molecule has 0 spiro atoms. The largest absolute Gasteiger partial charge is 0.375 e. The van der Waals surface area contributed by atoms with Crippen molar-refractivity contribution in [3.05, 3.63) is 24.3 Å². The third-order valence-electron chi connectivity index (χ3n) is 5.99. The lowest BCUT2D eigenvalue weighted by molar-refractivity contribution is -0.385. The minimum atomic E-state index is -0.977. The van der Waals surface area contributed by atoms with Gasteiger partial charge in [-0.25, -0.2) is 0 Å². The van der Waals surface area contributed by atoms with E-state index in [-0.39, 0.29) is 18.3 Å². The number of hydrogen-bond donors (Lipinski definition) is 0. The fourth-order valence-electron chi connectivity index (χ4n) is 4.08. The molecule has 2 aliphatic heterocycles. The first kappa shape index (κ1) is 27.5. The van der Waals surface area contributed by atoms with Crippen LogP contribution in [-0.2, 0) is 28.4 Å². The van der Waals surface area contributed by atoms with Crippen molar-refractivity contribution in [2.45, 2.75) is 109 Å². The molecule has 0 N–H and O–H groups in total. The molecule has 0 unspecified atom stereocenters. The number of methoxy groups -OCH3 is 1. The molecular formula is C26H46O6. The molecule has 2 aliphatic rings. The Balaban J connectivity index is 1.92. The molecule has 4 atom stereocenters. The molecule has 0 radical (unpaired) electrons. The lowest BCUT2D eigenvalue weighted by Gasteiger charge is -2.44. The molecule has 0 aliphatic carbocycles. The SMILES string of the molecule is CCCCC/C=C\COC[C@H]1O[C@@]2(OC)COC(C)(C)O[C@H]2[C@@H]1OC/C=C\CCCCC. The van der Waals surface area contributed by atoms with Gasteiger partial charge in [-0.1, -0.05) is 63.8 Å². The first-order valence-electron chi connectivity index (χ1n) is 12.5. The summed E-state index contributed by atoms with van der Waals surface area (Å²) in [5.41, 5.74) is 0. The second-order valence-electron chi connectivity index (χ2n) is 9.17. The second kappa shape index (κ2) is 14.5. The van der Waals surface area contributed by atoms with Crippen molar-refractivity contribution >= 4 is 0 Å². The van der Waals surface area contributed by atoms with Gasteiger partial charge in [-0.05, 0) is 39.5 Å². The summed E-state index contributed by atoms with van der Waals surface area (Å²) in [6.07, 6.45) is 17.2. The van der Waals surface area contributed by atoms with E-state index in [2.05, 4.69) is 38.2 Å². The van der Waals surface area contributed by atoms with Gasteiger partial charge in [0.1, 0.15) is 24.9 Å². The number of allylic oxidation sites excluding steroid dienone is 2. The molecule has 2 saturated heterocycles. The average molecular weight is 455 g/mol. The van der Waals surface area contributed by atoms with E-state index in [9.17, 15) is 0 Å². The van der Waals surface area contributed by atoms with Crippen molar-refractivity contribution in [2.75, 3.05) is 33.5 Å². The van der Waals surface area contributed by atoms with Crippen LogP contribution in [0.25, 0.3) is 0 Å². The first-order chi connectivity index (χ1) is 15.5. The molecule has 0 aromatic rings. The van der Waals surface area contributed by atoms with Gasteiger partial charge >= 0.3 is 0 Å². The fourth-order valence-corrected chi connectivity index (χ4v) is 4.08. The van der Waals surface area contributed by atoms with Crippen molar-refractivity contribution in [2.24, 2.45) is 0 Å². The smallest absolute Gasteiger partial charge is 0.222 e. The van der Waals surface area contributed by atoms with Crippen LogP contribution in [0, 0.1) is 0 Å². The van der Waals surface area contributed by atoms with Gasteiger partial charge in [0.2, 0.25) is 5.79 Å². The van der Waals surface area contributed by atoms with Crippen molar-refractivity contribution in [1.82, 2.24) is 0 Å². The van der Waals surface area contributed by atoms with Crippen LogP contribution < -0.4 is 0 Å². The van der Waals surface area contributed by atoms with E-state index in [0.29, 0.717) is 26.4 Å². The molecule has 2 rings (SSSR count). The summed E-state index contributed by atoms with van der Waals surface area (Å²) in [6.45, 7) is 10.0. The van der Waals surface area contributed by atoms with Crippen LogP contribution >= 0.6 is 0 Å². The van der Waals surface area contributed by atoms with Crippen molar-refractivity contribution < 1.29 is 28.4 Å². The molecule has 2 fully saturated rings. The van der Waals surface area contributed by atoms with E-state index in [1.165, 1.54) is 38.5 Å². The van der Waals surface area contributed by atoms with Crippen LogP contribution in [0.4, 0.5) is 0 Å². The molecule has 32 heavy (non-hydrogen) atoms. The Hall–Kier alpha value is -0.760.